The van der Waals surface area contributed by atoms with E-state index in [4.69, 9.17) is 17.0 Å². The van der Waals surface area contributed by atoms with Crippen molar-refractivity contribution in [3.8, 4) is 11.1 Å². The molecule has 0 atom stereocenters. The lowest BCUT2D eigenvalue weighted by Crippen LogP contribution is -2.50. The fourth-order valence-electron chi connectivity index (χ4n) is 4.31. The second kappa shape index (κ2) is 9.94. The van der Waals surface area contributed by atoms with Gasteiger partial charge < -0.3 is 24.8 Å². The zero-order valence-electron chi connectivity index (χ0n) is 21.2. The Labute approximate surface area is 211 Å². The summed E-state index contributed by atoms with van der Waals surface area (Å²) in [7, 11) is 0. The summed E-state index contributed by atoms with van der Waals surface area (Å²) in [5.41, 5.74) is 11.1. The summed E-state index contributed by atoms with van der Waals surface area (Å²) < 4.78 is 22.5. The van der Waals surface area contributed by atoms with Crippen LogP contribution in [0, 0.1) is 19.3 Å². The number of ether oxygens (including phenoxy) is 1. The monoisotopic (exact) mass is 489 g/mol. The minimum atomic E-state index is -0.552. The van der Waals surface area contributed by atoms with Crippen molar-refractivity contribution < 1.29 is 13.9 Å². The van der Waals surface area contributed by atoms with Gasteiger partial charge in [-0.2, -0.15) is 0 Å². The highest BCUT2D eigenvalue weighted by Gasteiger charge is 2.27. The Morgan fingerprint density at radius 2 is 1.75 bits per heavy atom. The number of rotatable bonds is 4. The molecule has 2 N–H and O–H groups in total. The summed E-state index contributed by atoms with van der Waals surface area (Å²) in [6.07, 6.45) is 1.70. The number of hydrogen-bond acceptors (Lipinski definition) is 4. The Hall–Kier alpha value is -3.99. The van der Waals surface area contributed by atoms with Crippen LogP contribution in [-0.4, -0.2) is 47.3 Å². The zero-order valence-corrected chi connectivity index (χ0v) is 21.2. The van der Waals surface area contributed by atoms with Crippen molar-refractivity contribution in [3.05, 3.63) is 77.2 Å². The molecule has 4 rings (SSSR count). The predicted molar refractivity (Wildman–Crippen MR) is 141 cm³/mol. The first-order valence-corrected chi connectivity index (χ1v) is 12.0. The molecule has 1 aliphatic heterocycles. The Bertz CT molecular complexity index is 1290. The second-order valence-corrected chi connectivity index (χ2v) is 10.1. The molecular weight excluding hydrogens is 457 g/mol. The van der Waals surface area contributed by atoms with Crippen LogP contribution < -0.4 is 10.6 Å². The maximum absolute atomic E-state index is 14.9. The average Bonchev–Trinajstić information content (AvgIpc) is 3.20. The number of nitrogens with two attached hydrogens (primary N) is 1. The van der Waals surface area contributed by atoms with Crippen LogP contribution in [0.4, 0.5) is 26.2 Å². The summed E-state index contributed by atoms with van der Waals surface area (Å²) in [5.74, 6) is -0.369. The highest BCUT2D eigenvalue weighted by Crippen LogP contribution is 2.30. The van der Waals surface area contributed by atoms with Crippen molar-refractivity contribution in [1.29, 1.82) is 0 Å². The van der Waals surface area contributed by atoms with Crippen LogP contribution in [0.25, 0.3) is 16.0 Å². The van der Waals surface area contributed by atoms with Crippen LogP contribution >= 0.6 is 0 Å². The van der Waals surface area contributed by atoms with Crippen LogP contribution in [0.5, 0.6) is 0 Å². The van der Waals surface area contributed by atoms with E-state index in [-0.39, 0.29) is 11.9 Å². The Morgan fingerprint density at radius 1 is 1.08 bits per heavy atom. The Morgan fingerprint density at radius 3 is 2.36 bits per heavy atom. The number of carbonyl (C=O) groups excluding carboxylic acids is 1. The smallest absolute Gasteiger partial charge is 0.410 e. The fraction of sp³-hybridized carbons (Fsp3) is 0.357. The maximum atomic E-state index is 14.9. The molecular formula is C28H32FN5O2. The number of nitrogen functional groups attached to an aromatic ring is 1. The first kappa shape index (κ1) is 25.1. The first-order chi connectivity index (χ1) is 17.0. The van der Waals surface area contributed by atoms with Gasteiger partial charge in [-0.05, 0) is 62.6 Å². The number of piperazine rings is 1. The third-order valence-corrected chi connectivity index (χ3v) is 6.26. The zero-order chi connectivity index (χ0) is 26.0. The van der Waals surface area contributed by atoms with Crippen molar-refractivity contribution in [2.24, 2.45) is 0 Å². The van der Waals surface area contributed by atoms with E-state index in [1.807, 2.05) is 69.1 Å². The molecule has 0 aliphatic carbocycles. The topological polar surface area (TPSA) is 68.1 Å². The first-order valence-electron chi connectivity index (χ1n) is 12.0. The summed E-state index contributed by atoms with van der Waals surface area (Å²) in [6.45, 7) is 17.1. The SMILES string of the molecule is [C-]#[N+]c1ccc(-c2cc(C)n(Cc3cc(N4CCN(C(=O)OC(C)(C)C)CC4)c(F)cc3N)c2)cc1. The molecule has 0 spiro atoms. The van der Waals surface area contributed by atoms with E-state index in [2.05, 4.69) is 15.5 Å². The molecule has 1 aromatic heterocycles. The Balaban J connectivity index is 1.50. The highest BCUT2D eigenvalue weighted by atomic mass is 19.1. The lowest BCUT2D eigenvalue weighted by molar-refractivity contribution is 0.0240. The molecule has 7 nitrogen and oxygen atoms in total. The quantitative estimate of drug-likeness (QED) is 0.369. The fourth-order valence-corrected chi connectivity index (χ4v) is 4.31. The van der Waals surface area contributed by atoms with E-state index >= 15 is 0 Å². The van der Waals surface area contributed by atoms with Gasteiger partial charge in [0.2, 0.25) is 0 Å². The molecule has 36 heavy (non-hydrogen) atoms. The number of aromatic nitrogens is 1. The minimum absolute atomic E-state index is 0.344. The van der Waals surface area contributed by atoms with Gasteiger partial charge in [0.15, 0.2) is 5.69 Å². The molecule has 2 heterocycles. The van der Waals surface area contributed by atoms with Gasteiger partial charge in [0.25, 0.3) is 0 Å². The summed E-state index contributed by atoms with van der Waals surface area (Å²) in [4.78, 5) is 19.4. The van der Waals surface area contributed by atoms with Gasteiger partial charge in [-0.25, -0.2) is 14.0 Å². The van der Waals surface area contributed by atoms with Crippen molar-refractivity contribution in [2.75, 3.05) is 36.8 Å². The van der Waals surface area contributed by atoms with E-state index in [0.29, 0.717) is 49.8 Å². The van der Waals surface area contributed by atoms with Crippen molar-refractivity contribution in [3.63, 3.8) is 0 Å². The van der Waals surface area contributed by atoms with Crippen LogP contribution in [0.3, 0.4) is 0 Å². The molecule has 8 heteroatoms. The van der Waals surface area contributed by atoms with E-state index < -0.39 is 5.60 Å². The number of aryl methyl sites for hydroxylation is 1. The van der Waals surface area contributed by atoms with Crippen LogP contribution in [-0.2, 0) is 11.3 Å². The largest absolute Gasteiger partial charge is 0.444 e. The van der Waals surface area contributed by atoms with Gasteiger partial charge in [0.1, 0.15) is 11.4 Å². The molecule has 1 saturated heterocycles. The van der Waals surface area contributed by atoms with E-state index in [0.717, 1.165) is 22.4 Å². The summed E-state index contributed by atoms with van der Waals surface area (Å²) in [6, 6.07) is 12.8. The van der Waals surface area contributed by atoms with Crippen molar-refractivity contribution in [1.82, 2.24) is 9.47 Å². The third kappa shape index (κ3) is 5.62. The number of hydrogen-bond donors (Lipinski definition) is 1. The molecule has 0 radical (unpaired) electrons. The Kier molecular flexibility index (Phi) is 6.93. The number of anilines is 2. The standard InChI is InChI=1S/C28H32FN5O2/c1-19-14-21(20-6-8-23(31-5)9-7-20)17-34(19)18-22-15-26(24(29)16-25(22)30)32-10-12-33(13-11-32)27(35)36-28(2,3)4/h6-9,14-17H,10-13,18,30H2,1-4H3. The number of benzene rings is 2. The van der Waals surface area contributed by atoms with Crippen LogP contribution in [0.1, 0.15) is 32.0 Å². The number of amides is 1. The van der Waals surface area contributed by atoms with Crippen molar-refractivity contribution >= 4 is 23.2 Å². The molecule has 188 valence electrons. The maximum Gasteiger partial charge on any atom is 0.410 e. The van der Waals surface area contributed by atoms with Gasteiger partial charge in [-0.3, -0.25) is 0 Å². The van der Waals surface area contributed by atoms with Crippen LogP contribution in [0.15, 0.2) is 48.7 Å². The number of halogens is 1. The molecule has 1 fully saturated rings. The average molecular weight is 490 g/mol. The highest BCUT2D eigenvalue weighted by molar-refractivity contribution is 5.69. The van der Waals surface area contributed by atoms with Gasteiger partial charge in [0, 0.05) is 50.3 Å². The molecule has 2 aromatic carbocycles. The minimum Gasteiger partial charge on any atom is -0.444 e. The van der Waals surface area contributed by atoms with Gasteiger partial charge in [-0.1, -0.05) is 24.3 Å². The molecule has 0 saturated carbocycles. The number of carbonyl (C=O) groups is 1. The lowest BCUT2D eigenvalue weighted by Gasteiger charge is -2.37. The van der Waals surface area contributed by atoms with E-state index in [9.17, 15) is 9.18 Å². The predicted octanol–water partition coefficient (Wildman–Crippen LogP) is 5.84. The summed E-state index contributed by atoms with van der Waals surface area (Å²) in [5, 5.41) is 0. The normalized spacial score (nSPS) is 14.0. The van der Waals surface area contributed by atoms with E-state index in [1.165, 1.54) is 6.07 Å². The van der Waals surface area contributed by atoms with Gasteiger partial charge >= 0.3 is 6.09 Å². The summed E-state index contributed by atoms with van der Waals surface area (Å²) >= 11 is 0. The number of nitrogens with zero attached hydrogens (tertiary/aromatic N) is 4. The second-order valence-electron chi connectivity index (χ2n) is 10.1. The molecule has 0 bridgehead atoms. The third-order valence-electron chi connectivity index (χ3n) is 6.26. The van der Waals surface area contributed by atoms with Crippen LogP contribution in [0.2, 0.25) is 0 Å². The molecule has 1 amide bonds. The molecule has 3 aromatic rings. The lowest BCUT2D eigenvalue weighted by atomic mass is 10.1. The molecule has 1 aliphatic rings. The van der Waals surface area contributed by atoms with Gasteiger partial charge in [0.05, 0.1) is 12.3 Å². The van der Waals surface area contributed by atoms with Crippen molar-refractivity contribution in [2.45, 2.75) is 39.8 Å². The molecule has 0 unspecified atom stereocenters. The van der Waals surface area contributed by atoms with Gasteiger partial charge in [-0.15, -0.1) is 0 Å². The van der Waals surface area contributed by atoms with E-state index in [1.54, 1.807) is 4.90 Å².